The van der Waals surface area contributed by atoms with Crippen molar-refractivity contribution in [2.45, 2.75) is 11.9 Å². The van der Waals surface area contributed by atoms with Crippen LogP contribution in [0.25, 0.3) is 0 Å². The molecule has 0 spiro atoms. The SMILES string of the molecule is COc1cc(C)c(C(Br)N(C)C)cc1OC. The largest absolute Gasteiger partial charge is 0.493 e. The summed E-state index contributed by atoms with van der Waals surface area (Å²) in [6, 6.07) is 4.00. The second-order valence-electron chi connectivity index (χ2n) is 3.86. The molecule has 16 heavy (non-hydrogen) atoms. The Labute approximate surface area is 105 Å². The molecule has 1 aromatic carbocycles. The van der Waals surface area contributed by atoms with E-state index in [-0.39, 0.29) is 4.95 Å². The van der Waals surface area contributed by atoms with Gasteiger partial charge in [-0.05, 0) is 44.3 Å². The van der Waals surface area contributed by atoms with Crippen molar-refractivity contribution in [2.24, 2.45) is 0 Å². The van der Waals surface area contributed by atoms with E-state index in [4.69, 9.17) is 9.47 Å². The van der Waals surface area contributed by atoms with Crippen molar-refractivity contribution in [2.75, 3.05) is 28.3 Å². The lowest BCUT2D eigenvalue weighted by Crippen LogP contribution is -2.15. The third-order valence-corrected chi connectivity index (χ3v) is 3.79. The zero-order chi connectivity index (χ0) is 12.3. The van der Waals surface area contributed by atoms with Gasteiger partial charge in [0.2, 0.25) is 0 Å². The number of methoxy groups -OCH3 is 2. The predicted molar refractivity (Wildman–Crippen MR) is 69.6 cm³/mol. The van der Waals surface area contributed by atoms with E-state index < -0.39 is 0 Å². The van der Waals surface area contributed by atoms with Gasteiger partial charge in [0.25, 0.3) is 0 Å². The van der Waals surface area contributed by atoms with Gasteiger partial charge in [-0.25, -0.2) is 0 Å². The summed E-state index contributed by atoms with van der Waals surface area (Å²) < 4.78 is 10.6. The minimum atomic E-state index is 0.173. The van der Waals surface area contributed by atoms with Crippen LogP contribution in [0.4, 0.5) is 0 Å². The topological polar surface area (TPSA) is 21.7 Å². The second kappa shape index (κ2) is 5.55. The van der Waals surface area contributed by atoms with Gasteiger partial charge in [-0.3, -0.25) is 4.90 Å². The number of rotatable bonds is 4. The van der Waals surface area contributed by atoms with Gasteiger partial charge in [-0.2, -0.15) is 0 Å². The van der Waals surface area contributed by atoms with Crippen LogP contribution in [0.3, 0.4) is 0 Å². The van der Waals surface area contributed by atoms with Gasteiger partial charge in [0.05, 0.1) is 19.2 Å². The molecule has 0 radical (unpaired) electrons. The van der Waals surface area contributed by atoms with E-state index in [1.807, 2.05) is 26.2 Å². The molecule has 0 aliphatic carbocycles. The number of alkyl halides is 1. The summed E-state index contributed by atoms with van der Waals surface area (Å²) in [5, 5.41) is 0. The Morgan fingerprint density at radius 1 is 1.12 bits per heavy atom. The highest BCUT2D eigenvalue weighted by Gasteiger charge is 2.16. The van der Waals surface area contributed by atoms with Crippen LogP contribution in [0, 0.1) is 6.92 Å². The molecular formula is C12H18BrNO2. The quantitative estimate of drug-likeness (QED) is 0.628. The van der Waals surface area contributed by atoms with Crippen LogP contribution in [-0.2, 0) is 0 Å². The zero-order valence-electron chi connectivity index (χ0n) is 10.4. The first-order valence-electron chi connectivity index (χ1n) is 5.04. The van der Waals surface area contributed by atoms with Gasteiger partial charge in [0.1, 0.15) is 0 Å². The lowest BCUT2D eigenvalue weighted by molar-refractivity contribution is 0.351. The van der Waals surface area contributed by atoms with Crippen molar-refractivity contribution in [1.29, 1.82) is 0 Å². The maximum atomic E-state index is 5.30. The maximum Gasteiger partial charge on any atom is 0.161 e. The number of ether oxygens (including phenoxy) is 2. The molecule has 0 bridgehead atoms. The average Bonchev–Trinajstić information content (AvgIpc) is 2.27. The molecule has 1 unspecified atom stereocenters. The van der Waals surface area contributed by atoms with Gasteiger partial charge in [0.15, 0.2) is 11.5 Å². The van der Waals surface area contributed by atoms with Crippen LogP contribution < -0.4 is 9.47 Å². The van der Waals surface area contributed by atoms with E-state index in [0.29, 0.717) is 0 Å². The molecule has 0 heterocycles. The number of nitrogens with zero attached hydrogens (tertiary/aromatic N) is 1. The standard InChI is InChI=1S/C12H18BrNO2/c1-8-6-10(15-4)11(16-5)7-9(8)12(13)14(2)3/h6-7,12H,1-5H3. The predicted octanol–water partition coefficient (Wildman–Crippen LogP) is 2.97. The first kappa shape index (κ1) is 13.3. The highest BCUT2D eigenvalue weighted by Crippen LogP contribution is 2.36. The summed E-state index contributed by atoms with van der Waals surface area (Å²) in [7, 11) is 7.34. The summed E-state index contributed by atoms with van der Waals surface area (Å²) >= 11 is 3.64. The van der Waals surface area contributed by atoms with Crippen LogP contribution >= 0.6 is 15.9 Å². The fourth-order valence-electron chi connectivity index (χ4n) is 1.53. The van der Waals surface area contributed by atoms with Crippen molar-refractivity contribution in [1.82, 2.24) is 4.90 Å². The minimum Gasteiger partial charge on any atom is -0.493 e. The number of hydrogen-bond donors (Lipinski definition) is 0. The summed E-state index contributed by atoms with van der Waals surface area (Å²) in [6.07, 6.45) is 0. The van der Waals surface area contributed by atoms with Crippen LogP contribution in [-0.4, -0.2) is 33.2 Å². The number of benzene rings is 1. The Morgan fingerprint density at radius 3 is 2.06 bits per heavy atom. The molecule has 0 N–H and O–H groups in total. The van der Waals surface area contributed by atoms with Crippen molar-refractivity contribution in [3.63, 3.8) is 0 Å². The van der Waals surface area contributed by atoms with Gasteiger partial charge in [0, 0.05) is 0 Å². The van der Waals surface area contributed by atoms with Crippen LogP contribution in [0.15, 0.2) is 12.1 Å². The van der Waals surface area contributed by atoms with Crippen molar-refractivity contribution >= 4 is 15.9 Å². The van der Waals surface area contributed by atoms with Crippen molar-refractivity contribution < 1.29 is 9.47 Å². The number of hydrogen-bond acceptors (Lipinski definition) is 3. The van der Waals surface area contributed by atoms with E-state index in [1.165, 1.54) is 11.1 Å². The first-order chi connectivity index (χ1) is 7.51. The van der Waals surface area contributed by atoms with E-state index in [0.717, 1.165) is 11.5 Å². The highest BCUT2D eigenvalue weighted by atomic mass is 79.9. The Bertz CT molecular complexity index is 366. The summed E-state index contributed by atoms with van der Waals surface area (Å²) in [5.74, 6) is 1.52. The molecule has 0 aliphatic heterocycles. The van der Waals surface area contributed by atoms with Gasteiger partial charge < -0.3 is 9.47 Å². The van der Waals surface area contributed by atoms with E-state index in [9.17, 15) is 0 Å². The second-order valence-corrected chi connectivity index (χ2v) is 4.73. The Balaban J connectivity index is 3.21. The summed E-state index contributed by atoms with van der Waals surface area (Å²) in [5.41, 5.74) is 2.36. The average molecular weight is 288 g/mol. The molecule has 1 atom stereocenters. The molecule has 0 saturated heterocycles. The third-order valence-electron chi connectivity index (χ3n) is 2.48. The van der Waals surface area contributed by atoms with Gasteiger partial charge >= 0.3 is 0 Å². The van der Waals surface area contributed by atoms with E-state index in [2.05, 4.69) is 27.8 Å². The summed E-state index contributed by atoms with van der Waals surface area (Å²) in [6.45, 7) is 2.06. The summed E-state index contributed by atoms with van der Waals surface area (Å²) in [4.78, 5) is 2.26. The Hall–Kier alpha value is -0.740. The normalized spacial score (nSPS) is 12.7. The van der Waals surface area contributed by atoms with E-state index in [1.54, 1.807) is 14.2 Å². The molecule has 3 nitrogen and oxygen atoms in total. The molecule has 0 saturated carbocycles. The van der Waals surface area contributed by atoms with E-state index >= 15 is 0 Å². The Kier molecular flexibility index (Phi) is 4.62. The zero-order valence-corrected chi connectivity index (χ0v) is 12.0. The number of halogens is 1. The molecule has 1 aromatic rings. The molecule has 0 aromatic heterocycles. The number of aryl methyl sites for hydroxylation is 1. The van der Waals surface area contributed by atoms with Crippen LogP contribution in [0.1, 0.15) is 16.1 Å². The molecule has 90 valence electrons. The fourth-order valence-corrected chi connectivity index (χ4v) is 2.02. The molecular weight excluding hydrogens is 270 g/mol. The van der Waals surface area contributed by atoms with Crippen molar-refractivity contribution in [3.05, 3.63) is 23.3 Å². The highest BCUT2D eigenvalue weighted by molar-refractivity contribution is 9.09. The smallest absolute Gasteiger partial charge is 0.161 e. The molecule has 0 amide bonds. The molecule has 0 fully saturated rings. The maximum absolute atomic E-state index is 5.30. The molecule has 0 aliphatic rings. The lowest BCUT2D eigenvalue weighted by atomic mass is 10.1. The monoisotopic (exact) mass is 287 g/mol. The van der Waals surface area contributed by atoms with Crippen molar-refractivity contribution in [3.8, 4) is 11.5 Å². The third kappa shape index (κ3) is 2.68. The molecule has 1 rings (SSSR count). The van der Waals surface area contributed by atoms with Gasteiger partial charge in [-0.1, -0.05) is 15.9 Å². The van der Waals surface area contributed by atoms with Gasteiger partial charge in [-0.15, -0.1) is 0 Å². The first-order valence-corrected chi connectivity index (χ1v) is 5.95. The molecule has 4 heteroatoms. The Morgan fingerprint density at radius 2 is 1.62 bits per heavy atom. The lowest BCUT2D eigenvalue weighted by Gasteiger charge is -2.21. The van der Waals surface area contributed by atoms with Crippen LogP contribution in [0.5, 0.6) is 11.5 Å². The fraction of sp³-hybridized carbons (Fsp3) is 0.500. The minimum absolute atomic E-state index is 0.173. The van der Waals surface area contributed by atoms with Crippen LogP contribution in [0.2, 0.25) is 0 Å².